The number of non-ortho nitro benzene ring substituents is 1. The van der Waals surface area contributed by atoms with E-state index in [0.717, 1.165) is 12.1 Å². The van der Waals surface area contributed by atoms with Crippen LogP contribution in [0.4, 0.5) is 17.1 Å². The molecule has 1 unspecified atom stereocenters. The number of carbonyl (C=O) groups excluding carboxylic acids is 1. The molecule has 0 aromatic heterocycles. The largest absolute Gasteiger partial charge is 0.454 e. The number of esters is 1. The van der Waals surface area contributed by atoms with Gasteiger partial charge in [0.05, 0.1) is 20.3 Å². The number of rotatable bonds is 7. The summed E-state index contributed by atoms with van der Waals surface area (Å²) in [5.74, 6) is -0.916. The van der Waals surface area contributed by atoms with Crippen molar-refractivity contribution >= 4 is 23.0 Å². The predicted molar refractivity (Wildman–Crippen MR) is 75.7 cm³/mol. The molecular formula is C12H11N3O8. The van der Waals surface area contributed by atoms with E-state index in [0.29, 0.717) is 6.07 Å². The zero-order valence-electron chi connectivity index (χ0n) is 11.8. The van der Waals surface area contributed by atoms with Gasteiger partial charge in [0.25, 0.3) is 5.69 Å². The average Bonchev–Trinajstić information content (AvgIpc) is 2.50. The molecule has 0 saturated heterocycles. The van der Waals surface area contributed by atoms with Crippen molar-refractivity contribution in [2.75, 3.05) is 0 Å². The van der Waals surface area contributed by atoms with Gasteiger partial charge < -0.3 is 4.74 Å². The molecule has 1 atom stereocenters. The number of hydrogen-bond acceptors (Lipinski definition) is 8. The Labute approximate surface area is 128 Å². The Hall–Kier alpha value is -3.37. The van der Waals surface area contributed by atoms with Gasteiger partial charge in [0.2, 0.25) is 0 Å². The van der Waals surface area contributed by atoms with Crippen LogP contribution in [0.2, 0.25) is 0 Å². The van der Waals surface area contributed by atoms with E-state index in [1.165, 1.54) is 6.92 Å². The summed E-state index contributed by atoms with van der Waals surface area (Å²) < 4.78 is 4.89. The van der Waals surface area contributed by atoms with Gasteiger partial charge in [-0.25, -0.2) is 4.79 Å². The highest BCUT2D eigenvalue weighted by Gasteiger charge is 2.36. The second kappa shape index (κ2) is 7.06. The summed E-state index contributed by atoms with van der Waals surface area (Å²) in [6, 6.07) is 1.28. The van der Waals surface area contributed by atoms with Gasteiger partial charge in [0, 0.05) is 12.1 Å². The monoisotopic (exact) mass is 325 g/mol. The first-order valence-corrected chi connectivity index (χ1v) is 6.17. The molecule has 0 fully saturated rings. The number of nitro benzene ring substituents is 3. The van der Waals surface area contributed by atoms with Crippen LogP contribution in [-0.2, 0) is 9.53 Å². The number of carbonyl (C=O) groups is 1. The summed E-state index contributed by atoms with van der Waals surface area (Å²) in [7, 11) is 0. The van der Waals surface area contributed by atoms with Crippen LogP contribution in [-0.4, -0.2) is 20.7 Å². The minimum atomic E-state index is -1.26. The van der Waals surface area contributed by atoms with Crippen LogP contribution in [0.5, 0.6) is 0 Å². The summed E-state index contributed by atoms with van der Waals surface area (Å²) in [6.07, 6.45) is -0.446. The molecule has 11 heteroatoms. The normalized spacial score (nSPS) is 11.3. The van der Waals surface area contributed by atoms with Crippen LogP contribution in [0.3, 0.4) is 0 Å². The van der Waals surface area contributed by atoms with Gasteiger partial charge in [-0.05, 0) is 6.42 Å². The van der Waals surface area contributed by atoms with Crippen LogP contribution >= 0.6 is 0 Å². The van der Waals surface area contributed by atoms with Gasteiger partial charge >= 0.3 is 17.3 Å². The molecule has 0 aliphatic carbocycles. The van der Waals surface area contributed by atoms with E-state index in [1.54, 1.807) is 0 Å². The van der Waals surface area contributed by atoms with Crippen molar-refractivity contribution in [3.63, 3.8) is 0 Å². The van der Waals surface area contributed by atoms with Crippen molar-refractivity contribution in [2.24, 2.45) is 0 Å². The van der Waals surface area contributed by atoms with Crippen molar-refractivity contribution in [3.05, 3.63) is 60.7 Å². The van der Waals surface area contributed by atoms with Gasteiger partial charge in [-0.3, -0.25) is 30.3 Å². The molecule has 0 bridgehead atoms. The number of ether oxygens (including phenoxy) is 1. The summed E-state index contributed by atoms with van der Waals surface area (Å²) in [5, 5.41) is 33.1. The molecule has 1 aromatic rings. The molecule has 0 N–H and O–H groups in total. The van der Waals surface area contributed by atoms with Gasteiger partial charge in [-0.1, -0.05) is 13.5 Å². The average molecular weight is 325 g/mol. The van der Waals surface area contributed by atoms with E-state index in [-0.39, 0.29) is 6.42 Å². The second-order valence-electron chi connectivity index (χ2n) is 4.21. The Bertz CT molecular complexity index is 700. The SMILES string of the molecule is C=CC(=O)OC(CC)c1cc([N+](=O)[O-])cc([N+](=O)[O-])c1[N+](=O)[O-]. The van der Waals surface area contributed by atoms with Crippen LogP contribution in [0.15, 0.2) is 24.8 Å². The smallest absolute Gasteiger partial charge is 0.353 e. The Morgan fingerprint density at radius 2 is 1.83 bits per heavy atom. The van der Waals surface area contributed by atoms with Crippen LogP contribution in [0, 0.1) is 30.3 Å². The van der Waals surface area contributed by atoms with E-state index in [2.05, 4.69) is 6.58 Å². The summed E-state index contributed by atoms with van der Waals surface area (Å²) in [6.45, 7) is 4.66. The molecule has 0 aliphatic rings. The molecule has 0 amide bonds. The highest BCUT2D eigenvalue weighted by Crippen LogP contribution is 2.40. The molecule has 0 aliphatic heterocycles. The third-order valence-corrected chi connectivity index (χ3v) is 2.84. The van der Waals surface area contributed by atoms with Gasteiger partial charge in [0.1, 0.15) is 12.2 Å². The van der Waals surface area contributed by atoms with Crippen LogP contribution in [0.1, 0.15) is 25.0 Å². The second-order valence-corrected chi connectivity index (χ2v) is 4.21. The highest BCUT2D eigenvalue weighted by atomic mass is 16.6. The molecule has 0 radical (unpaired) electrons. The van der Waals surface area contributed by atoms with Crippen LogP contribution in [0.25, 0.3) is 0 Å². The zero-order valence-corrected chi connectivity index (χ0v) is 11.8. The predicted octanol–water partition coefficient (Wildman–Crippen LogP) is 2.59. The number of hydrogen-bond donors (Lipinski definition) is 0. The van der Waals surface area contributed by atoms with Gasteiger partial charge in [0.15, 0.2) is 0 Å². The van der Waals surface area contributed by atoms with Crippen molar-refractivity contribution in [2.45, 2.75) is 19.4 Å². The lowest BCUT2D eigenvalue weighted by molar-refractivity contribution is -0.425. The maximum atomic E-state index is 11.3. The number of benzene rings is 1. The molecule has 1 rings (SSSR count). The summed E-state index contributed by atoms with van der Waals surface area (Å²) >= 11 is 0. The first kappa shape index (κ1) is 17.7. The third kappa shape index (κ3) is 3.84. The van der Waals surface area contributed by atoms with Crippen molar-refractivity contribution < 1.29 is 24.3 Å². The fourth-order valence-electron chi connectivity index (χ4n) is 1.87. The molecule has 11 nitrogen and oxygen atoms in total. The van der Waals surface area contributed by atoms with Gasteiger partial charge in [-0.2, -0.15) is 0 Å². The molecule has 0 saturated carbocycles. The molecule has 23 heavy (non-hydrogen) atoms. The Balaban J connectivity index is 3.67. The van der Waals surface area contributed by atoms with Gasteiger partial charge in [-0.15, -0.1) is 0 Å². The standard InChI is InChI=1S/C12H11N3O8/c1-3-10(23-11(16)4-2)8-5-7(13(17)18)6-9(14(19)20)12(8)15(21)22/h4-6,10H,2-3H2,1H3. The summed E-state index contributed by atoms with van der Waals surface area (Å²) in [4.78, 5) is 41.3. The maximum Gasteiger partial charge on any atom is 0.353 e. The van der Waals surface area contributed by atoms with Crippen molar-refractivity contribution in [3.8, 4) is 0 Å². The summed E-state index contributed by atoms with van der Waals surface area (Å²) in [5.41, 5.74) is -3.14. The molecular weight excluding hydrogens is 314 g/mol. The van der Waals surface area contributed by atoms with Crippen molar-refractivity contribution in [1.29, 1.82) is 0 Å². The van der Waals surface area contributed by atoms with Crippen molar-refractivity contribution in [1.82, 2.24) is 0 Å². The first-order chi connectivity index (χ1) is 10.7. The molecule has 1 aromatic carbocycles. The fourth-order valence-corrected chi connectivity index (χ4v) is 1.87. The third-order valence-electron chi connectivity index (χ3n) is 2.84. The van der Waals surface area contributed by atoms with E-state index < -0.39 is 49.5 Å². The minimum absolute atomic E-state index is 0.0126. The Morgan fingerprint density at radius 1 is 1.22 bits per heavy atom. The zero-order chi connectivity index (χ0) is 17.7. The van der Waals surface area contributed by atoms with Crippen LogP contribution < -0.4 is 0 Å². The van der Waals surface area contributed by atoms with E-state index in [9.17, 15) is 35.1 Å². The highest BCUT2D eigenvalue weighted by molar-refractivity contribution is 5.81. The van der Waals surface area contributed by atoms with E-state index in [4.69, 9.17) is 4.74 Å². The lowest BCUT2D eigenvalue weighted by atomic mass is 10.0. The Morgan fingerprint density at radius 3 is 2.22 bits per heavy atom. The number of nitro groups is 3. The molecule has 0 spiro atoms. The van der Waals surface area contributed by atoms with E-state index in [1.807, 2.05) is 0 Å². The lowest BCUT2D eigenvalue weighted by Crippen LogP contribution is -2.12. The minimum Gasteiger partial charge on any atom is -0.454 e. The van der Waals surface area contributed by atoms with E-state index >= 15 is 0 Å². The Kier molecular flexibility index (Phi) is 5.43. The molecule has 122 valence electrons. The fraction of sp³-hybridized carbons (Fsp3) is 0.250. The molecule has 0 heterocycles. The lowest BCUT2D eigenvalue weighted by Gasteiger charge is -2.15. The number of nitrogens with zero attached hydrogens (tertiary/aromatic N) is 3. The quantitative estimate of drug-likeness (QED) is 0.320. The maximum absolute atomic E-state index is 11.3. The topological polar surface area (TPSA) is 156 Å². The first-order valence-electron chi connectivity index (χ1n) is 6.17.